The number of halogens is 2. The summed E-state index contributed by atoms with van der Waals surface area (Å²) in [6.07, 6.45) is 1.64. The maximum Gasteiger partial charge on any atom is 0.430 e. The number of amidine groups is 2. The molecule has 8 nitrogen and oxygen atoms in total. The SMILES string of the molecule is O=[N+]([O-])/C(=N\Nc1ccc(Br)cc1)C1=NCCN1Cc1ccc(Cl)nc1. The van der Waals surface area contributed by atoms with Crippen molar-refractivity contribution in [2.75, 3.05) is 18.5 Å². The molecule has 26 heavy (non-hydrogen) atoms. The standard InChI is InChI=1S/C16H14BrClN6O2/c17-12-2-4-13(5-3-12)21-22-16(24(25)26)15-19-7-8-23(15)10-11-1-6-14(18)20-9-11/h1-6,9,21H,7-8,10H2/b22-16-. The van der Waals surface area contributed by atoms with Gasteiger partial charge >= 0.3 is 5.84 Å². The summed E-state index contributed by atoms with van der Waals surface area (Å²) < 4.78 is 0.907. The van der Waals surface area contributed by atoms with Crippen molar-refractivity contribution in [3.05, 3.63) is 67.9 Å². The van der Waals surface area contributed by atoms with Crippen molar-refractivity contribution in [2.45, 2.75) is 6.54 Å². The quantitative estimate of drug-likeness (QED) is 0.254. The Kier molecular flexibility index (Phi) is 5.79. The van der Waals surface area contributed by atoms with Crippen LogP contribution in [0.1, 0.15) is 5.56 Å². The zero-order valence-electron chi connectivity index (χ0n) is 13.5. The second-order valence-corrected chi connectivity index (χ2v) is 6.73. The van der Waals surface area contributed by atoms with E-state index in [4.69, 9.17) is 11.6 Å². The zero-order chi connectivity index (χ0) is 18.5. The van der Waals surface area contributed by atoms with Crippen LogP contribution in [-0.4, -0.2) is 39.6 Å². The summed E-state index contributed by atoms with van der Waals surface area (Å²) in [6, 6.07) is 10.7. The summed E-state index contributed by atoms with van der Waals surface area (Å²) >= 11 is 9.13. The van der Waals surface area contributed by atoms with Gasteiger partial charge in [-0.3, -0.25) is 4.99 Å². The smallest absolute Gasteiger partial charge is 0.358 e. The fraction of sp³-hybridized carbons (Fsp3) is 0.188. The number of hydrogen-bond donors (Lipinski definition) is 1. The van der Waals surface area contributed by atoms with Gasteiger partial charge in [-0.2, -0.15) is 5.43 Å². The van der Waals surface area contributed by atoms with Crippen LogP contribution in [0.15, 0.2) is 57.2 Å². The second kappa shape index (κ2) is 8.24. The van der Waals surface area contributed by atoms with E-state index in [9.17, 15) is 10.1 Å². The molecule has 0 spiro atoms. The summed E-state index contributed by atoms with van der Waals surface area (Å²) in [7, 11) is 0. The van der Waals surface area contributed by atoms with Crippen LogP contribution in [0.4, 0.5) is 5.69 Å². The minimum absolute atomic E-state index is 0.245. The third-order valence-electron chi connectivity index (χ3n) is 3.60. The van der Waals surface area contributed by atoms with Crippen molar-refractivity contribution in [3.63, 3.8) is 0 Å². The number of nitrogens with zero attached hydrogens (tertiary/aromatic N) is 5. The van der Waals surface area contributed by atoms with E-state index in [0.717, 1.165) is 10.0 Å². The highest BCUT2D eigenvalue weighted by Crippen LogP contribution is 2.15. The molecule has 2 aromatic rings. The van der Waals surface area contributed by atoms with Gasteiger partial charge in [-0.05, 0) is 40.8 Å². The maximum absolute atomic E-state index is 11.5. The van der Waals surface area contributed by atoms with Gasteiger partial charge in [0.2, 0.25) is 5.84 Å². The van der Waals surface area contributed by atoms with Crippen LogP contribution in [0.5, 0.6) is 0 Å². The molecule has 0 unspecified atom stereocenters. The first kappa shape index (κ1) is 18.3. The van der Waals surface area contributed by atoms with E-state index in [2.05, 4.69) is 36.4 Å². The summed E-state index contributed by atoms with van der Waals surface area (Å²) in [5, 5.41) is 15.8. The number of pyridine rings is 1. The van der Waals surface area contributed by atoms with Crippen LogP contribution >= 0.6 is 27.5 Å². The normalized spacial score (nSPS) is 14.3. The van der Waals surface area contributed by atoms with Crippen molar-refractivity contribution in [2.24, 2.45) is 10.1 Å². The van der Waals surface area contributed by atoms with Crippen molar-refractivity contribution >= 4 is 44.9 Å². The molecule has 0 atom stereocenters. The molecule has 3 rings (SSSR count). The van der Waals surface area contributed by atoms with E-state index in [1.165, 1.54) is 0 Å². The lowest BCUT2D eigenvalue weighted by molar-refractivity contribution is -0.346. The second-order valence-electron chi connectivity index (χ2n) is 5.43. The molecule has 134 valence electrons. The molecule has 0 saturated carbocycles. The van der Waals surface area contributed by atoms with Crippen LogP contribution in [0.3, 0.4) is 0 Å². The monoisotopic (exact) mass is 436 g/mol. The first-order valence-corrected chi connectivity index (χ1v) is 8.84. The van der Waals surface area contributed by atoms with Gasteiger partial charge in [-0.1, -0.05) is 33.6 Å². The first-order valence-electron chi connectivity index (χ1n) is 7.67. The average Bonchev–Trinajstić information content (AvgIpc) is 3.06. The van der Waals surface area contributed by atoms with Crippen molar-refractivity contribution < 1.29 is 4.92 Å². The van der Waals surface area contributed by atoms with Crippen LogP contribution in [-0.2, 0) is 6.54 Å². The van der Waals surface area contributed by atoms with E-state index >= 15 is 0 Å². The van der Waals surface area contributed by atoms with Gasteiger partial charge in [0, 0.05) is 23.8 Å². The fourth-order valence-corrected chi connectivity index (χ4v) is 2.76. The predicted octanol–water partition coefficient (Wildman–Crippen LogP) is 3.41. The van der Waals surface area contributed by atoms with Crippen molar-refractivity contribution in [1.29, 1.82) is 0 Å². The highest BCUT2D eigenvalue weighted by Gasteiger charge is 2.31. The lowest BCUT2D eigenvalue weighted by Gasteiger charge is -2.18. The van der Waals surface area contributed by atoms with Crippen LogP contribution < -0.4 is 5.43 Å². The Hall–Kier alpha value is -2.52. The zero-order valence-corrected chi connectivity index (χ0v) is 15.8. The molecular weight excluding hydrogens is 424 g/mol. The molecule has 0 aliphatic carbocycles. The molecule has 1 aromatic heterocycles. The van der Waals surface area contributed by atoms with Gasteiger partial charge in [0.15, 0.2) is 0 Å². The minimum Gasteiger partial charge on any atom is -0.358 e. The van der Waals surface area contributed by atoms with E-state index < -0.39 is 4.92 Å². The molecule has 1 aliphatic heterocycles. The molecule has 0 fully saturated rings. The Morgan fingerprint density at radius 1 is 1.35 bits per heavy atom. The van der Waals surface area contributed by atoms with Gasteiger partial charge in [0.05, 0.1) is 17.3 Å². The van der Waals surface area contributed by atoms with Crippen molar-refractivity contribution in [1.82, 2.24) is 9.88 Å². The summed E-state index contributed by atoms with van der Waals surface area (Å²) in [5.41, 5.74) is 4.23. The average molecular weight is 438 g/mol. The Morgan fingerprint density at radius 2 is 2.12 bits per heavy atom. The molecule has 10 heteroatoms. The van der Waals surface area contributed by atoms with E-state index in [1.807, 2.05) is 18.2 Å². The van der Waals surface area contributed by atoms with Gasteiger partial charge in [0.25, 0.3) is 0 Å². The molecule has 0 saturated heterocycles. The highest BCUT2D eigenvalue weighted by atomic mass is 79.9. The molecule has 2 heterocycles. The largest absolute Gasteiger partial charge is 0.430 e. The summed E-state index contributed by atoms with van der Waals surface area (Å²) in [5.74, 6) is -0.0816. The molecule has 0 radical (unpaired) electrons. The minimum atomic E-state index is -0.539. The topological polar surface area (TPSA) is 96.0 Å². The van der Waals surface area contributed by atoms with Crippen LogP contribution in [0.25, 0.3) is 0 Å². The van der Waals surface area contributed by atoms with Gasteiger partial charge in [-0.25, -0.2) is 4.98 Å². The maximum atomic E-state index is 11.5. The number of hydrogen-bond acceptors (Lipinski definition) is 7. The van der Waals surface area contributed by atoms with E-state index in [-0.39, 0.29) is 11.7 Å². The van der Waals surface area contributed by atoms with Gasteiger partial charge < -0.3 is 15.0 Å². The van der Waals surface area contributed by atoms with Gasteiger partial charge in [-0.15, -0.1) is 0 Å². The predicted molar refractivity (Wildman–Crippen MR) is 104 cm³/mol. The molecule has 0 amide bonds. The fourth-order valence-electron chi connectivity index (χ4n) is 2.38. The number of benzene rings is 1. The number of hydrazone groups is 1. The lowest BCUT2D eigenvalue weighted by Crippen LogP contribution is -2.37. The number of aliphatic imine (C=N–C) groups is 1. The molecule has 1 N–H and O–H groups in total. The van der Waals surface area contributed by atoms with Crippen LogP contribution in [0.2, 0.25) is 5.15 Å². The Balaban J connectivity index is 1.77. The molecule has 1 aromatic carbocycles. The summed E-state index contributed by atoms with van der Waals surface area (Å²) in [6.45, 7) is 1.48. The lowest BCUT2D eigenvalue weighted by atomic mass is 10.2. The molecule has 0 bridgehead atoms. The number of aromatic nitrogens is 1. The van der Waals surface area contributed by atoms with Crippen LogP contribution in [0, 0.1) is 10.1 Å². The number of nitrogens with one attached hydrogen (secondary N) is 1. The Labute approximate surface area is 162 Å². The molecule has 1 aliphatic rings. The van der Waals surface area contributed by atoms with E-state index in [0.29, 0.717) is 30.5 Å². The number of rotatable bonds is 5. The Bertz CT molecular complexity index is 854. The number of nitro groups is 1. The van der Waals surface area contributed by atoms with Crippen molar-refractivity contribution in [3.8, 4) is 0 Å². The third-order valence-corrected chi connectivity index (χ3v) is 4.35. The highest BCUT2D eigenvalue weighted by molar-refractivity contribution is 9.10. The summed E-state index contributed by atoms with van der Waals surface area (Å²) in [4.78, 5) is 21.0. The number of anilines is 1. The Morgan fingerprint density at radius 3 is 2.77 bits per heavy atom. The van der Waals surface area contributed by atoms with Gasteiger partial charge in [0.1, 0.15) is 5.15 Å². The first-order chi connectivity index (χ1) is 12.5. The molecular formula is C16H14BrClN6O2. The van der Waals surface area contributed by atoms with E-state index in [1.54, 1.807) is 29.3 Å². The third kappa shape index (κ3) is 4.55.